The molecule has 0 fully saturated rings. The van der Waals surface area contributed by atoms with Crippen molar-refractivity contribution in [1.82, 2.24) is 9.46 Å². The molecule has 24 heavy (non-hydrogen) atoms. The number of sulfonamides is 1. The van der Waals surface area contributed by atoms with E-state index < -0.39 is 16.0 Å². The molecule has 0 atom stereocenters. The Hall–Kier alpha value is -2.19. The third-order valence-corrected chi connectivity index (χ3v) is 5.45. The third kappa shape index (κ3) is 3.65. The van der Waals surface area contributed by atoms with Crippen LogP contribution in [0.4, 0.5) is 0 Å². The molecule has 0 spiro atoms. The van der Waals surface area contributed by atoms with Crippen molar-refractivity contribution in [2.24, 2.45) is 0 Å². The van der Waals surface area contributed by atoms with Crippen molar-refractivity contribution in [3.63, 3.8) is 0 Å². The summed E-state index contributed by atoms with van der Waals surface area (Å²) in [4.78, 5) is 11.7. The van der Waals surface area contributed by atoms with Crippen LogP contribution in [0.2, 0.25) is 0 Å². The fourth-order valence-corrected chi connectivity index (χ4v) is 3.33. The topological polar surface area (TPSA) is 89.7 Å². The number of esters is 1. The Morgan fingerprint density at radius 3 is 2.38 bits per heavy atom. The Kier molecular flexibility index (Phi) is 5.40. The van der Waals surface area contributed by atoms with Crippen LogP contribution in [-0.2, 0) is 21.3 Å². The summed E-state index contributed by atoms with van der Waals surface area (Å²) in [7, 11) is -2.20. The van der Waals surface area contributed by atoms with Crippen LogP contribution in [0.1, 0.15) is 34.3 Å². The molecule has 0 aliphatic heterocycles. The van der Waals surface area contributed by atoms with E-state index in [2.05, 4.69) is 5.16 Å². The number of hydrogen-bond acceptors (Lipinski definition) is 6. The number of carbonyl (C=O) groups is 1. The van der Waals surface area contributed by atoms with Gasteiger partial charge < -0.3 is 9.26 Å². The lowest BCUT2D eigenvalue weighted by Crippen LogP contribution is -2.27. The minimum atomic E-state index is -3.69. The molecule has 1 heterocycles. The molecular weight excluding hydrogens is 332 g/mol. The number of rotatable bonds is 6. The Labute approximate surface area is 141 Å². The molecule has 1 aromatic heterocycles. The first kappa shape index (κ1) is 18.2. The molecule has 0 saturated heterocycles. The monoisotopic (exact) mass is 352 g/mol. The maximum atomic E-state index is 12.6. The molecular formula is C16H20N2O5S. The van der Waals surface area contributed by atoms with E-state index >= 15 is 0 Å². The predicted molar refractivity (Wildman–Crippen MR) is 87.0 cm³/mol. The van der Waals surface area contributed by atoms with Crippen LogP contribution >= 0.6 is 0 Å². The zero-order chi connectivity index (χ0) is 17.9. The minimum absolute atomic E-state index is 0.102. The van der Waals surface area contributed by atoms with Crippen LogP contribution in [0.25, 0.3) is 0 Å². The van der Waals surface area contributed by atoms with Gasteiger partial charge in [-0.05, 0) is 45.0 Å². The molecule has 0 bridgehead atoms. The molecule has 1 aromatic carbocycles. The molecule has 130 valence electrons. The van der Waals surface area contributed by atoms with Crippen molar-refractivity contribution in [1.29, 1.82) is 0 Å². The maximum absolute atomic E-state index is 12.6. The van der Waals surface area contributed by atoms with Crippen LogP contribution < -0.4 is 0 Å². The first-order chi connectivity index (χ1) is 11.3. The van der Waals surface area contributed by atoms with Crippen molar-refractivity contribution in [2.45, 2.75) is 32.2 Å². The van der Waals surface area contributed by atoms with Gasteiger partial charge in [-0.2, -0.15) is 4.31 Å². The molecule has 0 aliphatic rings. The van der Waals surface area contributed by atoms with E-state index in [9.17, 15) is 13.2 Å². The molecule has 0 N–H and O–H groups in total. The second kappa shape index (κ2) is 7.14. The molecule has 0 radical (unpaired) electrons. The van der Waals surface area contributed by atoms with Gasteiger partial charge in [0.25, 0.3) is 0 Å². The van der Waals surface area contributed by atoms with E-state index in [-0.39, 0.29) is 18.0 Å². The van der Waals surface area contributed by atoms with Crippen molar-refractivity contribution < 1.29 is 22.5 Å². The van der Waals surface area contributed by atoms with E-state index in [0.717, 1.165) is 5.56 Å². The third-order valence-electron chi connectivity index (χ3n) is 3.64. The Morgan fingerprint density at radius 1 is 1.25 bits per heavy atom. The van der Waals surface area contributed by atoms with E-state index in [1.54, 1.807) is 20.8 Å². The van der Waals surface area contributed by atoms with Crippen LogP contribution in [0.5, 0.6) is 0 Å². The van der Waals surface area contributed by atoms with Crippen LogP contribution in [-0.4, -0.2) is 37.5 Å². The summed E-state index contributed by atoms with van der Waals surface area (Å²) in [5.74, 6) is 0.109. The summed E-state index contributed by atoms with van der Waals surface area (Å²) >= 11 is 0. The predicted octanol–water partition coefficient (Wildman–Crippen LogP) is 2.29. The zero-order valence-electron chi connectivity index (χ0n) is 14.1. The highest BCUT2D eigenvalue weighted by molar-refractivity contribution is 7.89. The fourth-order valence-electron chi connectivity index (χ4n) is 2.19. The van der Waals surface area contributed by atoms with Gasteiger partial charge in [-0.25, -0.2) is 13.2 Å². The van der Waals surface area contributed by atoms with Crippen LogP contribution in [0.15, 0.2) is 33.7 Å². The summed E-state index contributed by atoms with van der Waals surface area (Å²) in [5, 5.41) is 3.82. The van der Waals surface area contributed by atoms with Gasteiger partial charge in [-0.3, -0.25) is 0 Å². The highest BCUT2D eigenvalue weighted by atomic mass is 32.2. The smallest absolute Gasteiger partial charge is 0.338 e. The zero-order valence-corrected chi connectivity index (χ0v) is 14.9. The van der Waals surface area contributed by atoms with E-state index in [1.807, 2.05) is 0 Å². The fraction of sp³-hybridized carbons (Fsp3) is 0.375. The Morgan fingerprint density at radius 2 is 1.88 bits per heavy atom. The first-order valence-electron chi connectivity index (χ1n) is 7.42. The normalized spacial score (nSPS) is 11.7. The minimum Gasteiger partial charge on any atom is -0.462 e. The number of hydrogen-bond donors (Lipinski definition) is 0. The maximum Gasteiger partial charge on any atom is 0.338 e. The molecule has 7 nitrogen and oxygen atoms in total. The SMILES string of the molecule is CCOC(=O)c1ccc(S(=O)(=O)N(C)Cc2c(C)noc2C)cc1. The van der Waals surface area contributed by atoms with Gasteiger partial charge in [-0.15, -0.1) is 0 Å². The molecule has 8 heteroatoms. The Bertz CT molecular complexity index is 805. The molecule has 0 aliphatic carbocycles. The van der Waals surface area contributed by atoms with Crippen molar-refractivity contribution in [2.75, 3.05) is 13.7 Å². The number of aromatic nitrogens is 1. The average molecular weight is 352 g/mol. The standard InChI is InChI=1S/C16H20N2O5S/c1-5-22-16(19)13-6-8-14(9-7-13)24(20,21)18(4)10-15-11(2)17-23-12(15)3/h6-9H,5,10H2,1-4H3. The highest BCUT2D eigenvalue weighted by Crippen LogP contribution is 2.20. The lowest BCUT2D eigenvalue weighted by atomic mass is 10.2. The molecule has 2 aromatic rings. The van der Waals surface area contributed by atoms with Crippen LogP contribution in [0.3, 0.4) is 0 Å². The number of nitrogens with zero attached hydrogens (tertiary/aromatic N) is 2. The van der Waals surface area contributed by atoms with E-state index in [4.69, 9.17) is 9.26 Å². The average Bonchev–Trinajstić information content (AvgIpc) is 2.87. The van der Waals surface area contributed by atoms with Gasteiger partial charge in [0.2, 0.25) is 10.0 Å². The molecule has 0 amide bonds. The van der Waals surface area contributed by atoms with E-state index in [1.165, 1.54) is 35.6 Å². The van der Waals surface area contributed by atoms with Gasteiger partial charge in [0.1, 0.15) is 5.76 Å². The van der Waals surface area contributed by atoms with Crippen LogP contribution in [0, 0.1) is 13.8 Å². The summed E-state index contributed by atoms with van der Waals surface area (Å²) in [5.41, 5.74) is 1.71. The second-order valence-electron chi connectivity index (χ2n) is 5.31. The molecule has 0 unspecified atom stereocenters. The van der Waals surface area contributed by atoms with Gasteiger partial charge in [0, 0.05) is 19.2 Å². The van der Waals surface area contributed by atoms with E-state index in [0.29, 0.717) is 17.0 Å². The lowest BCUT2D eigenvalue weighted by molar-refractivity contribution is 0.0526. The highest BCUT2D eigenvalue weighted by Gasteiger charge is 2.23. The van der Waals surface area contributed by atoms with Gasteiger partial charge in [-0.1, -0.05) is 5.16 Å². The van der Waals surface area contributed by atoms with Crippen molar-refractivity contribution >= 4 is 16.0 Å². The summed E-state index contributed by atoms with van der Waals surface area (Å²) < 4.78 is 36.5. The number of benzene rings is 1. The number of ether oxygens (including phenoxy) is 1. The lowest BCUT2D eigenvalue weighted by Gasteiger charge is -2.17. The van der Waals surface area contributed by atoms with Crippen molar-refractivity contribution in [3.8, 4) is 0 Å². The molecule has 2 rings (SSSR count). The first-order valence-corrected chi connectivity index (χ1v) is 8.86. The van der Waals surface area contributed by atoms with Gasteiger partial charge in [0.15, 0.2) is 0 Å². The van der Waals surface area contributed by atoms with Gasteiger partial charge in [0.05, 0.1) is 22.8 Å². The van der Waals surface area contributed by atoms with Gasteiger partial charge >= 0.3 is 5.97 Å². The number of carbonyl (C=O) groups excluding carboxylic acids is 1. The van der Waals surface area contributed by atoms with Crippen molar-refractivity contribution in [3.05, 3.63) is 46.8 Å². The summed E-state index contributed by atoms with van der Waals surface area (Å²) in [6.45, 7) is 5.63. The molecule has 0 saturated carbocycles. The second-order valence-corrected chi connectivity index (χ2v) is 7.35. The Balaban J connectivity index is 2.21. The number of aryl methyl sites for hydroxylation is 2. The largest absolute Gasteiger partial charge is 0.462 e. The summed E-state index contributed by atoms with van der Waals surface area (Å²) in [6, 6.07) is 5.67. The quantitative estimate of drug-likeness (QED) is 0.741. The summed E-state index contributed by atoms with van der Waals surface area (Å²) in [6.07, 6.45) is 0.